The van der Waals surface area contributed by atoms with Gasteiger partial charge in [0, 0.05) is 19.6 Å². The lowest BCUT2D eigenvalue weighted by Gasteiger charge is -2.29. The van der Waals surface area contributed by atoms with Gasteiger partial charge in [-0.25, -0.2) is 0 Å². The Morgan fingerprint density at radius 3 is 2.71 bits per heavy atom. The number of hydrogen-bond acceptors (Lipinski definition) is 3. The average Bonchev–Trinajstić information content (AvgIpc) is 2.72. The molecule has 1 unspecified atom stereocenters. The lowest BCUT2D eigenvalue weighted by atomic mass is 9.99. The zero-order chi connectivity index (χ0) is 13.0. The molecule has 17 heavy (non-hydrogen) atoms. The Kier molecular flexibility index (Phi) is 5.40. The molecule has 1 fully saturated rings. The molecule has 2 N–H and O–H groups in total. The summed E-state index contributed by atoms with van der Waals surface area (Å²) in [5, 5.41) is 0. The molecular weight excluding hydrogens is 214 g/mol. The van der Waals surface area contributed by atoms with Crippen LogP contribution in [-0.2, 0) is 4.79 Å². The highest BCUT2D eigenvalue weighted by molar-refractivity contribution is 5.81. The van der Waals surface area contributed by atoms with Crippen LogP contribution in [0.15, 0.2) is 0 Å². The predicted octanol–water partition coefficient (Wildman–Crippen LogP) is 0.912. The van der Waals surface area contributed by atoms with E-state index in [4.69, 9.17) is 5.73 Å². The number of carbonyl (C=O) groups is 1. The Bertz CT molecular complexity index is 257. The Balaban J connectivity index is 2.46. The van der Waals surface area contributed by atoms with Crippen LogP contribution in [0.25, 0.3) is 0 Å². The van der Waals surface area contributed by atoms with Crippen molar-refractivity contribution in [2.24, 2.45) is 11.7 Å². The third-order valence-corrected chi connectivity index (χ3v) is 4.07. The fraction of sp³-hybridized carbons (Fsp3) is 0.923. The highest BCUT2D eigenvalue weighted by Gasteiger charge is 2.27. The van der Waals surface area contributed by atoms with E-state index in [1.165, 1.54) is 12.8 Å². The maximum absolute atomic E-state index is 12.1. The van der Waals surface area contributed by atoms with Crippen molar-refractivity contribution < 1.29 is 4.79 Å². The van der Waals surface area contributed by atoms with Gasteiger partial charge in [0.15, 0.2) is 0 Å². The van der Waals surface area contributed by atoms with Gasteiger partial charge in [-0.05, 0) is 32.4 Å². The number of nitrogens with zero attached hydrogens (tertiary/aromatic N) is 2. The quantitative estimate of drug-likeness (QED) is 0.778. The largest absolute Gasteiger partial charge is 0.343 e. The molecule has 0 saturated carbocycles. The Labute approximate surface area is 105 Å². The molecule has 1 aliphatic rings. The minimum absolute atomic E-state index is 0.0830. The van der Waals surface area contributed by atoms with Gasteiger partial charge in [0.2, 0.25) is 5.91 Å². The van der Waals surface area contributed by atoms with E-state index in [0.717, 1.165) is 19.5 Å². The number of likely N-dealkylation sites (tertiary alicyclic amines) is 1. The van der Waals surface area contributed by atoms with E-state index in [9.17, 15) is 4.79 Å². The molecule has 0 bridgehead atoms. The molecular formula is C13H27N3O. The molecule has 1 saturated heterocycles. The second-order valence-corrected chi connectivity index (χ2v) is 5.41. The first-order chi connectivity index (χ1) is 7.97. The van der Waals surface area contributed by atoms with Crippen LogP contribution >= 0.6 is 0 Å². The first-order valence-corrected chi connectivity index (χ1v) is 6.68. The van der Waals surface area contributed by atoms with E-state index in [0.29, 0.717) is 6.04 Å². The van der Waals surface area contributed by atoms with E-state index in [1.54, 1.807) is 0 Å². The van der Waals surface area contributed by atoms with Gasteiger partial charge in [-0.2, -0.15) is 0 Å². The Morgan fingerprint density at radius 2 is 2.24 bits per heavy atom. The van der Waals surface area contributed by atoms with Crippen LogP contribution in [0.2, 0.25) is 0 Å². The van der Waals surface area contributed by atoms with E-state index in [-0.39, 0.29) is 17.9 Å². The first kappa shape index (κ1) is 14.5. The van der Waals surface area contributed by atoms with Crippen molar-refractivity contribution >= 4 is 5.91 Å². The van der Waals surface area contributed by atoms with Gasteiger partial charge in [0.25, 0.3) is 0 Å². The summed E-state index contributed by atoms with van der Waals surface area (Å²) in [6.45, 7) is 6.06. The standard InChI is InChI=1S/C13H27N3O/c1-5-10(2)12(14)13(17)16(4)9-11-7-6-8-15(11)3/h10-12H,5-9,14H2,1-4H3/t10-,11?,12-/m0/s1. The zero-order valence-corrected chi connectivity index (χ0v) is 11.6. The highest BCUT2D eigenvalue weighted by atomic mass is 16.2. The lowest BCUT2D eigenvalue weighted by molar-refractivity contribution is -0.133. The minimum atomic E-state index is -0.350. The summed E-state index contributed by atoms with van der Waals surface area (Å²) in [4.78, 5) is 16.3. The number of carbonyl (C=O) groups excluding carboxylic acids is 1. The summed E-state index contributed by atoms with van der Waals surface area (Å²) < 4.78 is 0. The average molecular weight is 241 g/mol. The van der Waals surface area contributed by atoms with Crippen LogP contribution in [0.4, 0.5) is 0 Å². The lowest BCUT2D eigenvalue weighted by Crippen LogP contribution is -2.48. The van der Waals surface area contributed by atoms with Gasteiger partial charge in [-0.3, -0.25) is 4.79 Å². The Hall–Kier alpha value is -0.610. The molecule has 4 nitrogen and oxygen atoms in total. The van der Waals surface area contributed by atoms with Gasteiger partial charge in [0.1, 0.15) is 0 Å². The van der Waals surface area contributed by atoms with Gasteiger partial charge < -0.3 is 15.5 Å². The third kappa shape index (κ3) is 3.68. The van der Waals surface area contributed by atoms with Crippen molar-refractivity contribution in [2.45, 2.75) is 45.2 Å². The number of amides is 1. The predicted molar refractivity (Wildman–Crippen MR) is 70.7 cm³/mol. The first-order valence-electron chi connectivity index (χ1n) is 6.68. The van der Waals surface area contributed by atoms with Crippen molar-refractivity contribution in [3.05, 3.63) is 0 Å². The fourth-order valence-electron chi connectivity index (χ4n) is 2.37. The van der Waals surface area contributed by atoms with Gasteiger partial charge in [0.05, 0.1) is 6.04 Å². The summed E-state index contributed by atoms with van der Waals surface area (Å²) in [5.41, 5.74) is 5.98. The summed E-state index contributed by atoms with van der Waals surface area (Å²) in [7, 11) is 4.00. The third-order valence-electron chi connectivity index (χ3n) is 4.07. The molecule has 0 spiro atoms. The van der Waals surface area contributed by atoms with Crippen molar-refractivity contribution in [1.82, 2.24) is 9.80 Å². The van der Waals surface area contributed by atoms with Crippen LogP contribution in [-0.4, -0.2) is 55.0 Å². The second-order valence-electron chi connectivity index (χ2n) is 5.41. The van der Waals surface area contributed by atoms with Gasteiger partial charge in [-0.15, -0.1) is 0 Å². The smallest absolute Gasteiger partial charge is 0.239 e. The maximum atomic E-state index is 12.1. The number of hydrogen-bond donors (Lipinski definition) is 1. The normalized spacial score (nSPS) is 24.6. The monoisotopic (exact) mass is 241 g/mol. The van der Waals surface area contributed by atoms with Crippen LogP contribution in [0.3, 0.4) is 0 Å². The van der Waals surface area contributed by atoms with E-state index in [2.05, 4.69) is 18.9 Å². The minimum Gasteiger partial charge on any atom is -0.343 e. The van der Waals surface area contributed by atoms with Crippen molar-refractivity contribution in [3.8, 4) is 0 Å². The Morgan fingerprint density at radius 1 is 1.59 bits per heavy atom. The van der Waals surface area contributed by atoms with E-state index >= 15 is 0 Å². The molecule has 4 heteroatoms. The van der Waals surface area contributed by atoms with Crippen LogP contribution < -0.4 is 5.73 Å². The molecule has 100 valence electrons. The second kappa shape index (κ2) is 6.36. The number of rotatable bonds is 5. The molecule has 1 heterocycles. The number of nitrogens with two attached hydrogens (primary N) is 1. The molecule has 0 aromatic carbocycles. The molecule has 1 aliphatic heterocycles. The van der Waals surface area contributed by atoms with Gasteiger partial charge in [-0.1, -0.05) is 20.3 Å². The molecule has 0 aliphatic carbocycles. The summed E-state index contributed by atoms with van der Waals surface area (Å²) in [6.07, 6.45) is 3.37. The molecule has 3 atom stereocenters. The molecule has 0 radical (unpaired) electrons. The van der Waals surface area contributed by atoms with Crippen LogP contribution in [0.5, 0.6) is 0 Å². The summed E-state index contributed by atoms with van der Waals surface area (Å²) in [6, 6.07) is 0.157. The fourth-order valence-corrected chi connectivity index (χ4v) is 2.37. The van der Waals surface area contributed by atoms with Crippen LogP contribution in [0.1, 0.15) is 33.1 Å². The van der Waals surface area contributed by atoms with Crippen molar-refractivity contribution in [1.29, 1.82) is 0 Å². The molecule has 0 aromatic heterocycles. The van der Waals surface area contributed by atoms with Crippen molar-refractivity contribution in [2.75, 3.05) is 27.2 Å². The molecule has 0 aromatic rings. The van der Waals surface area contributed by atoms with Gasteiger partial charge >= 0.3 is 0 Å². The maximum Gasteiger partial charge on any atom is 0.239 e. The zero-order valence-electron chi connectivity index (χ0n) is 11.6. The topological polar surface area (TPSA) is 49.6 Å². The van der Waals surface area contributed by atoms with E-state index in [1.807, 2.05) is 18.9 Å². The summed E-state index contributed by atoms with van der Waals surface area (Å²) >= 11 is 0. The highest BCUT2D eigenvalue weighted by Crippen LogP contribution is 2.16. The number of likely N-dealkylation sites (N-methyl/N-ethyl adjacent to an activating group) is 2. The SMILES string of the molecule is CC[C@H](C)[C@H](N)C(=O)N(C)CC1CCCN1C. The molecule has 1 rings (SSSR count). The summed E-state index contributed by atoms with van der Waals surface area (Å²) in [5.74, 6) is 0.339. The van der Waals surface area contributed by atoms with Crippen molar-refractivity contribution in [3.63, 3.8) is 0 Å². The molecule has 1 amide bonds. The van der Waals surface area contributed by atoms with Crippen LogP contribution in [0, 0.1) is 5.92 Å². The van der Waals surface area contributed by atoms with E-state index < -0.39 is 0 Å².